The first kappa shape index (κ1) is 14.8. The van der Waals surface area contributed by atoms with Crippen molar-refractivity contribution in [2.24, 2.45) is 0 Å². The van der Waals surface area contributed by atoms with Crippen LogP contribution in [0.2, 0.25) is 0 Å². The fourth-order valence-electron chi connectivity index (χ4n) is 3.54. The van der Waals surface area contributed by atoms with Crippen molar-refractivity contribution >= 4 is 5.91 Å². The Balaban J connectivity index is 1.79. The second kappa shape index (κ2) is 7.88. The second-order valence-electron chi connectivity index (χ2n) is 6.18. The largest absolute Gasteiger partial charge is 0.340 e. The molecule has 2 unspecified atom stereocenters. The van der Waals surface area contributed by atoms with E-state index in [0.29, 0.717) is 18.0 Å². The van der Waals surface area contributed by atoms with Gasteiger partial charge in [-0.2, -0.15) is 0 Å². The Hall–Kier alpha value is -0.570. The first-order chi connectivity index (χ1) is 9.31. The molecule has 0 bridgehead atoms. The summed E-state index contributed by atoms with van der Waals surface area (Å²) in [4.78, 5) is 14.7. The smallest absolute Gasteiger partial charge is 0.222 e. The number of nitrogens with one attached hydrogen (secondary N) is 1. The monoisotopic (exact) mass is 266 g/mol. The van der Waals surface area contributed by atoms with Crippen molar-refractivity contribution in [1.82, 2.24) is 10.2 Å². The van der Waals surface area contributed by atoms with Crippen molar-refractivity contribution in [1.29, 1.82) is 0 Å². The van der Waals surface area contributed by atoms with E-state index in [9.17, 15) is 4.79 Å². The predicted octanol–water partition coefficient (Wildman–Crippen LogP) is 3.09. The highest BCUT2D eigenvalue weighted by Crippen LogP contribution is 2.21. The van der Waals surface area contributed by atoms with Gasteiger partial charge < -0.3 is 10.2 Å². The number of carbonyl (C=O) groups is 1. The minimum absolute atomic E-state index is 0.404. The summed E-state index contributed by atoms with van der Waals surface area (Å²) in [6, 6.07) is 1.10. The summed E-state index contributed by atoms with van der Waals surface area (Å²) in [6.07, 6.45) is 11.8. The number of rotatable bonds is 4. The van der Waals surface area contributed by atoms with Crippen LogP contribution in [0.1, 0.15) is 71.1 Å². The maximum absolute atomic E-state index is 12.5. The van der Waals surface area contributed by atoms with Crippen LogP contribution in [0.4, 0.5) is 0 Å². The molecule has 0 aromatic rings. The van der Waals surface area contributed by atoms with Crippen molar-refractivity contribution < 1.29 is 4.79 Å². The van der Waals surface area contributed by atoms with Crippen LogP contribution in [-0.2, 0) is 4.79 Å². The lowest BCUT2D eigenvalue weighted by molar-refractivity contribution is -0.133. The highest BCUT2D eigenvalue weighted by molar-refractivity contribution is 5.76. The Labute approximate surface area is 118 Å². The van der Waals surface area contributed by atoms with E-state index in [-0.39, 0.29) is 0 Å². The maximum atomic E-state index is 12.5. The van der Waals surface area contributed by atoms with Gasteiger partial charge in [-0.25, -0.2) is 0 Å². The summed E-state index contributed by atoms with van der Waals surface area (Å²) in [5.74, 6) is 0.404. The molecule has 0 spiro atoms. The van der Waals surface area contributed by atoms with Crippen LogP contribution in [0.25, 0.3) is 0 Å². The van der Waals surface area contributed by atoms with E-state index in [2.05, 4.69) is 17.1 Å². The van der Waals surface area contributed by atoms with E-state index >= 15 is 0 Å². The van der Waals surface area contributed by atoms with Gasteiger partial charge in [-0.3, -0.25) is 4.79 Å². The molecule has 0 aliphatic carbocycles. The maximum Gasteiger partial charge on any atom is 0.222 e. The first-order valence-electron chi connectivity index (χ1n) is 8.34. The van der Waals surface area contributed by atoms with Crippen molar-refractivity contribution in [2.45, 2.75) is 83.2 Å². The molecular weight excluding hydrogens is 236 g/mol. The average Bonchev–Trinajstić information content (AvgIpc) is 2.71. The third kappa shape index (κ3) is 4.48. The fourth-order valence-corrected chi connectivity index (χ4v) is 3.54. The molecule has 2 aliphatic rings. The molecule has 110 valence electrons. The molecule has 0 radical (unpaired) electrons. The second-order valence-corrected chi connectivity index (χ2v) is 6.18. The molecule has 3 nitrogen and oxygen atoms in total. The molecular formula is C16H30N2O. The predicted molar refractivity (Wildman–Crippen MR) is 79.1 cm³/mol. The molecule has 0 saturated carbocycles. The lowest BCUT2D eigenvalue weighted by atomic mass is 10.00. The van der Waals surface area contributed by atoms with Crippen LogP contribution < -0.4 is 5.32 Å². The van der Waals surface area contributed by atoms with E-state index in [1.807, 2.05) is 0 Å². The summed E-state index contributed by atoms with van der Waals surface area (Å²) in [5.41, 5.74) is 0. The zero-order chi connectivity index (χ0) is 13.5. The molecule has 1 N–H and O–H groups in total. The first-order valence-corrected chi connectivity index (χ1v) is 8.34. The van der Waals surface area contributed by atoms with E-state index in [1.54, 1.807) is 0 Å². The minimum atomic E-state index is 0.404. The number of amides is 1. The van der Waals surface area contributed by atoms with Gasteiger partial charge in [0.15, 0.2) is 0 Å². The molecule has 1 amide bonds. The van der Waals surface area contributed by atoms with Crippen LogP contribution in [0.15, 0.2) is 0 Å². The third-order valence-electron chi connectivity index (χ3n) is 4.79. The van der Waals surface area contributed by atoms with Gasteiger partial charge in [-0.1, -0.05) is 26.2 Å². The van der Waals surface area contributed by atoms with Gasteiger partial charge in [0.2, 0.25) is 5.91 Å². The number of piperidine rings is 1. The minimum Gasteiger partial charge on any atom is -0.340 e. The Morgan fingerprint density at radius 2 is 2.00 bits per heavy atom. The number of hydrogen-bond donors (Lipinski definition) is 1. The molecule has 2 heterocycles. The molecule has 0 aromatic heterocycles. The van der Waals surface area contributed by atoms with Crippen LogP contribution in [-0.4, -0.2) is 36.0 Å². The summed E-state index contributed by atoms with van der Waals surface area (Å²) < 4.78 is 0. The highest BCUT2D eigenvalue weighted by atomic mass is 16.2. The number of carbonyl (C=O) groups excluding carboxylic acids is 1. The van der Waals surface area contributed by atoms with Gasteiger partial charge in [0.25, 0.3) is 0 Å². The zero-order valence-electron chi connectivity index (χ0n) is 12.5. The summed E-state index contributed by atoms with van der Waals surface area (Å²) in [5, 5.41) is 3.54. The van der Waals surface area contributed by atoms with Gasteiger partial charge in [0, 0.05) is 25.0 Å². The van der Waals surface area contributed by atoms with E-state index < -0.39 is 0 Å². The summed E-state index contributed by atoms with van der Waals surface area (Å²) in [7, 11) is 0. The van der Waals surface area contributed by atoms with Crippen molar-refractivity contribution in [3.05, 3.63) is 0 Å². The number of likely N-dealkylation sites (tertiary alicyclic amines) is 1. The number of hydrogen-bond acceptors (Lipinski definition) is 2. The Bertz CT molecular complexity index is 274. The topological polar surface area (TPSA) is 32.3 Å². The van der Waals surface area contributed by atoms with Crippen molar-refractivity contribution in [2.75, 3.05) is 13.1 Å². The molecule has 0 aromatic carbocycles. The molecule has 2 atom stereocenters. The Morgan fingerprint density at radius 1 is 1.16 bits per heavy atom. The SMILES string of the molecule is CCC1CCCCCN1C(=O)CCC1CCCCN1. The standard InChI is InChI=1S/C16H30N2O/c1-2-15-9-4-3-7-13-18(15)16(19)11-10-14-8-5-6-12-17-14/h14-15,17H,2-13H2,1H3. The summed E-state index contributed by atoms with van der Waals surface area (Å²) >= 11 is 0. The molecule has 19 heavy (non-hydrogen) atoms. The quantitative estimate of drug-likeness (QED) is 0.848. The van der Waals surface area contributed by atoms with E-state index in [4.69, 9.17) is 0 Å². The van der Waals surface area contributed by atoms with Crippen LogP contribution in [0, 0.1) is 0 Å². The lowest BCUT2D eigenvalue weighted by Gasteiger charge is -2.30. The van der Waals surface area contributed by atoms with Crippen LogP contribution >= 0.6 is 0 Å². The van der Waals surface area contributed by atoms with Gasteiger partial charge >= 0.3 is 0 Å². The van der Waals surface area contributed by atoms with Crippen LogP contribution in [0.3, 0.4) is 0 Å². The van der Waals surface area contributed by atoms with Crippen molar-refractivity contribution in [3.63, 3.8) is 0 Å². The molecule has 3 heteroatoms. The molecule has 2 fully saturated rings. The van der Waals surface area contributed by atoms with Gasteiger partial charge in [-0.05, 0) is 45.1 Å². The zero-order valence-corrected chi connectivity index (χ0v) is 12.5. The fraction of sp³-hybridized carbons (Fsp3) is 0.938. The van der Waals surface area contributed by atoms with E-state index in [0.717, 1.165) is 32.4 Å². The molecule has 2 saturated heterocycles. The van der Waals surface area contributed by atoms with E-state index in [1.165, 1.54) is 44.9 Å². The molecule has 2 rings (SSSR count). The van der Waals surface area contributed by atoms with Gasteiger partial charge in [-0.15, -0.1) is 0 Å². The third-order valence-corrected chi connectivity index (χ3v) is 4.79. The van der Waals surface area contributed by atoms with Crippen molar-refractivity contribution in [3.8, 4) is 0 Å². The van der Waals surface area contributed by atoms with Gasteiger partial charge in [0.1, 0.15) is 0 Å². The Morgan fingerprint density at radius 3 is 2.74 bits per heavy atom. The number of nitrogens with zero attached hydrogens (tertiary/aromatic N) is 1. The van der Waals surface area contributed by atoms with Gasteiger partial charge in [0.05, 0.1) is 0 Å². The van der Waals surface area contributed by atoms with Crippen LogP contribution in [0.5, 0.6) is 0 Å². The lowest BCUT2D eigenvalue weighted by Crippen LogP contribution is -2.41. The highest BCUT2D eigenvalue weighted by Gasteiger charge is 2.24. The molecule has 2 aliphatic heterocycles. The average molecular weight is 266 g/mol. The Kier molecular flexibility index (Phi) is 6.15. The summed E-state index contributed by atoms with van der Waals surface area (Å²) in [6.45, 7) is 4.36. The normalized spacial score (nSPS) is 29.0.